The SMILES string of the molecule is CN[C@@H]1[C@@H](O)[C@@H](O[C@@H]2[C@@H](O)[C@H](O[C@H]3OC(CNCCO)=CC[C@H]3N)[C@@H](N)C[C@H]2NC(=O)CC2(O)CCNC2)OC[C@]1(C)O. The van der Waals surface area contributed by atoms with Crippen molar-refractivity contribution in [1.29, 1.82) is 0 Å². The average Bonchev–Trinajstić information content (AvgIpc) is 3.37. The number of aliphatic hydroxyl groups excluding tert-OH is 3. The summed E-state index contributed by atoms with van der Waals surface area (Å²) in [6.07, 6.45) is -4.51. The first-order valence-electron chi connectivity index (χ1n) is 15.0. The molecule has 2 saturated heterocycles. The molecule has 12 atom stereocenters. The van der Waals surface area contributed by atoms with Crippen LogP contribution in [0.3, 0.4) is 0 Å². The fourth-order valence-electron chi connectivity index (χ4n) is 6.25. The summed E-state index contributed by atoms with van der Waals surface area (Å²) in [5.74, 6) is 0.118. The van der Waals surface area contributed by atoms with Crippen LogP contribution in [0.5, 0.6) is 0 Å². The van der Waals surface area contributed by atoms with Crippen LogP contribution in [0.2, 0.25) is 0 Å². The van der Waals surface area contributed by atoms with Crippen molar-refractivity contribution in [3.63, 3.8) is 0 Å². The molecule has 1 saturated carbocycles. The van der Waals surface area contributed by atoms with Gasteiger partial charge < -0.3 is 77.2 Å². The number of carbonyl (C=O) groups excluding carboxylic acids is 1. The predicted octanol–water partition coefficient (Wildman–Crippen LogP) is -4.96. The first kappa shape index (κ1) is 34.4. The van der Waals surface area contributed by atoms with Crippen molar-refractivity contribution in [2.24, 2.45) is 11.5 Å². The van der Waals surface area contributed by atoms with Gasteiger partial charge in [0.05, 0.1) is 49.9 Å². The van der Waals surface area contributed by atoms with Gasteiger partial charge in [-0.25, -0.2) is 0 Å². The molecule has 1 amide bonds. The third-order valence-corrected chi connectivity index (χ3v) is 8.62. The van der Waals surface area contributed by atoms with Crippen molar-refractivity contribution < 1.29 is 49.3 Å². The molecule has 4 aliphatic rings. The fourth-order valence-corrected chi connectivity index (χ4v) is 6.25. The van der Waals surface area contributed by atoms with Gasteiger partial charge in [0.2, 0.25) is 12.2 Å². The van der Waals surface area contributed by atoms with Crippen LogP contribution in [0.4, 0.5) is 0 Å². The van der Waals surface area contributed by atoms with Gasteiger partial charge in [0.15, 0.2) is 6.29 Å². The quantitative estimate of drug-likeness (QED) is 0.0916. The molecule has 0 radical (unpaired) electrons. The molecule has 16 heteroatoms. The largest absolute Gasteiger partial charge is 0.467 e. The van der Waals surface area contributed by atoms with E-state index in [0.29, 0.717) is 38.2 Å². The molecule has 3 heterocycles. The minimum absolute atomic E-state index is 0.0306. The van der Waals surface area contributed by atoms with Gasteiger partial charge in [-0.3, -0.25) is 4.79 Å². The number of amides is 1. The van der Waals surface area contributed by atoms with E-state index in [0.717, 1.165) is 0 Å². The highest BCUT2D eigenvalue weighted by Gasteiger charge is 2.52. The number of nitrogens with two attached hydrogens (primary N) is 2. The third kappa shape index (κ3) is 8.40. The molecule has 1 aliphatic carbocycles. The summed E-state index contributed by atoms with van der Waals surface area (Å²) in [5, 5.41) is 64.8. The highest BCUT2D eigenvalue weighted by Crippen LogP contribution is 2.32. The summed E-state index contributed by atoms with van der Waals surface area (Å²) in [6.45, 7) is 2.93. The maximum Gasteiger partial charge on any atom is 0.223 e. The zero-order valence-electron chi connectivity index (χ0n) is 24.9. The molecule has 43 heavy (non-hydrogen) atoms. The lowest BCUT2D eigenvalue weighted by Crippen LogP contribution is -2.69. The van der Waals surface area contributed by atoms with E-state index in [-0.39, 0.29) is 32.6 Å². The second-order valence-electron chi connectivity index (χ2n) is 12.3. The predicted molar refractivity (Wildman–Crippen MR) is 152 cm³/mol. The van der Waals surface area contributed by atoms with Crippen LogP contribution in [-0.2, 0) is 23.7 Å². The second-order valence-corrected chi connectivity index (χ2v) is 12.3. The number of likely N-dealkylation sites (N-methyl/N-ethyl adjacent to an activating group) is 1. The van der Waals surface area contributed by atoms with Crippen LogP contribution < -0.4 is 32.7 Å². The van der Waals surface area contributed by atoms with E-state index in [1.165, 1.54) is 6.92 Å². The molecule has 16 nitrogen and oxygen atoms in total. The van der Waals surface area contributed by atoms with E-state index < -0.39 is 78.3 Å². The smallest absolute Gasteiger partial charge is 0.223 e. The van der Waals surface area contributed by atoms with E-state index in [4.69, 9.17) is 35.5 Å². The Morgan fingerprint density at radius 1 is 1.16 bits per heavy atom. The lowest BCUT2D eigenvalue weighted by molar-refractivity contribution is -0.304. The van der Waals surface area contributed by atoms with Gasteiger partial charge in [-0.2, -0.15) is 0 Å². The summed E-state index contributed by atoms with van der Waals surface area (Å²) in [4.78, 5) is 13.1. The number of ether oxygens (including phenoxy) is 4. The van der Waals surface area contributed by atoms with Gasteiger partial charge >= 0.3 is 0 Å². The number of aliphatic hydroxyl groups is 5. The lowest BCUT2D eigenvalue weighted by Gasteiger charge is -2.49. The van der Waals surface area contributed by atoms with Crippen molar-refractivity contribution in [1.82, 2.24) is 21.3 Å². The van der Waals surface area contributed by atoms with Crippen LogP contribution in [0.25, 0.3) is 0 Å². The maximum atomic E-state index is 13.1. The van der Waals surface area contributed by atoms with E-state index in [1.807, 2.05) is 6.08 Å². The van der Waals surface area contributed by atoms with E-state index >= 15 is 0 Å². The minimum Gasteiger partial charge on any atom is -0.467 e. The summed E-state index contributed by atoms with van der Waals surface area (Å²) in [7, 11) is 1.59. The Labute approximate surface area is 251 Å². The van der Waals surface area contributed by atoms with E-state index in [1.54, 1.807) is 7.05 Å². The minimum atomic E-state index is -1.42. The Morgan fingerprint density at radius 3 is 2.58 bits per heavy atom. The molecule has 4 rings (SSSR count). The Balaban J connectivity index is 1.50. The van der Waals surface area contributed by atoms with Crippen molar-refractivity contribution in [2.75, 3.05) is 46.4 Å². The first-order chi connectivity index (χ1) is 20.4. The van der Waals surface area contributed by atoms with Gasteiger partial charge in [-0.05, 0) is 45.9 Å². The molecule has 0 aromatic rings. The van der Waals surface area contributed by atoms with E-state index in [9.17, 15) is 25.2 Å². The molecule has 3 aliphatic heterocycles. The van der Waals surface area contributed by atoms with Crippen molar-refractivity contribution in [3.8, 4) is 0 Å². The van der Waals surface area contributed by atoms with Gasteiger partial charge in [-0.1, -0.05) is 0 Å². The number of β-amino-alcohol motifs (C(OH)–C–C–N with tert-alkyl or cyclic N) is 1. The van der Waals surface area contributed by atoms with Crippen LogP contribution in [-0.4, -0.2) is 150 Å². The maximum absolute atomic E-state index is 13.1. The van der Waals surface area contributed by atoms with E-state index in [2.05, 4.69) is 21.3 Å². The van der Waals surface area contributed by atoms with Gasteiger partial charge in [0, 0.05) is 19.1 Å². The molecule has 1 unspecified atom stereocenters. The van der Waals surface area contributed by atoms with Crippen LogP contribution in [0.15, 0.2) is 11.8 Å². The Bertz CT molecular complexity index is 953. The molecule has 13 N–H and O–H groups in total. The summed E-state index contributed by atoms with van der Waals surface area (Å²) in [6, 6.07) is -2.98. The summed E-state index contributed by atoms with van der Waals surface area (Å²) in [5.41, 5.74) is 10.2. The summed E-state index contributed by atoms with van der Waals surface area (Å²) >= 11 is 0. The molecular weight excluding hydrogens is 568 g/mol. The highest BCUT2D eigenvalue weighted by molar-refractivity contribution is 5.77. The normalized spacial score (nSPS) is 43.6. The molecule has 0 spiro atoms. The zero-order valence-corrected chi connectivity index (χ0v) is 24.9. The Morgan fingerprint density at radius 2 is 1.91 bits per heavy atom. The standard InChI is InChI=1S/C27H50N6O10/c1-26(38)13-40-25(20(37)23(26)30-2)43-22-17(33-18(35)10-27(39)5-6-32-12-27)9-16(29)21(19(22)36)42-24-15(28)4-3-14(41-24)11-31-7-8-34/h3,15-17,19-25,30-32,34,36-39H,4-13,28-29H2,1-2H3,(H,33,35)/t15-,16+,17-,19+,20-,21-,22+,23-,24-,25-,26+,27?/m1/s1. The zero-order chi connectivity index (χ0) is 31.4. The second kappa shape index (κ2) is 14.7. The average molecular weight is 619 g/mol. The Kier molecular flexibility index (Phi) is 11.8. The van der Waals surface area contributed by atoms with Crippen LogP contribution >= 0.6 is 0 Å². The molecule has 0 aromatic carbocycles. The van der Waals surface area contributed by atoms with Crippen molar-refractivity contribution in [2.45, 2.75) is 105 Å². The lowest BCUT2D eigenvalue weighted by atomic mass is 9.83. The number of nitrogens with one attached hydrogen (secondary N) is 4. The van der Waals surface area contributed by atoms with Gasteiger partial charge in [-0.15, -0.1) is 0 Å². The first-order valence-corrected chi connectivity index (χ1v) is 15.0. The molecule has 248 valence electrons. The summed E-state index contributed by atoms with van der Waals surface area (Å²) < 4.78 is 23.9. The van der Waals surface area contributed by atoms with Crippen LogP contribution in [0, 0.1) is 0 Å². The number of hydrogen-bond acceptors (Lipinski definition) is 15. The number of hydrogen-bond donors (Lipinski definition) is 11. The van der Waals surface area contributed by atoms with Crippen molar-refractivity contribution >= 4 is 5.91 Å². The third-order valence-electron chi connectivity index (χ3n) is 8.62. The number of rotatable bonds is 12. The molecular formula is C27H50N6O10. The Hall–Kier alpha value is -1.51. The fraction of sp³-hybridized carbons (Fsp3) is 0.889. The molecule has 0 aromatic heterocycles. The molecule has 3 fully saturated rings. The number of carbonyl (C=O) groups is 1. The highest BCUT2D eigenvalue weighted by atomic mass is 16.7. The molecule has 0 bridgehead atoms. The van der Waals surface area contributed by atoms with Crippen molar-refractivity contribution in [3.05, 3.63) is 11.8 Å². The van der Waals surface area contributed by atoms with Gasteiger partial charge in [0.1, 0.15) is 35.8 Å². The van der Waals surface area contributed by atoms with Gasteiger partial charge in [0.25, 0.3) is 0 Å². The monoisotopic (exact) mass is 618 g/mol. The van der Waals surface area contributed by atoms with Crippen LogP contribution in [0.1, 0.15) is 32.6 Å². The topological polar surface area (TPSA) is 255 Å².